The summed E-state index contributed by atoms with van der Waals surface area (Å²) in [5, 5.41) is 3.64. The maximum atomic E-state index is 13.6. The second kappa shape index (κ2) is 41.1. The van der Waals surface area contributed by atoms with E-state index in [0.29, 0.717) is 151 Å². The Morgan fingerprint density at radius 1 is 0.367 bits per heavy atom. The lowest BCUT2D eigenvalue weighted by molar-refractivity contribution is -0.123. The maximum Gasteiger partial charge on any atom is 0.419 e. The van der Waals surface area contributed by atoms with Crippen LogP contribution in [0.25, 0.3) is 167 Å². The minimum Gasteiger partial charge on any atom is -0.497 e. The number of anilines is 1. The molecule has 20 aromatic rings. The number of benzene rings is 8. The standard InChI is InChI=1S/C29H30N4O5S.C29H24N4O4S2.C28H27ClN4O4S.C25H27N5O3S/c1-17(2)39(35,36)21-10-7-18(8-11-21)23-16-31-27-26(32-23)22(15-30-27)25-14-19-13-20(37-6)9-12-24(19)33(25)28(34)38-29(3,4)5;1-19(2)38(34,35)21-14-12-20(13-15-21)26-17-31-29-28(32-26)24(16-30-29)25-18-33(27-11-7-6-10-23(25)27)39(36,37)22-8-4-3-5-9-22;1-16(2)38(35,36)18-11-9-17(10-12-18)22-15-31-26-25(32-22)20(14-30-26)24-13-19-21(29)7-6-8-23(19)33(24)27(34)37-28(3,4)5;1-15(2)34(32,33)17-10-8-16(9-11-17)20-14-28-23-21(29-20)19(13-27-23)18-7-6-12-26-22(18)30-24(31)25(3,4)5/h7-17H,1-6H3,(H,30,31);3-19H,1-2H3,(H,30,31);6-16H,1-5H3,(H,30,31);6-15H,1-5H3,(H,27,28)(H,26,30,31). The van der Waals surface area contributed by atoms with Gasteiger partial charge in [0.15, 0.2) is 61.9 Å². The molecule has 0 atom stereocenters. The third kappa shape index (κ3) is 21.3. The van der Waals surface area contributed by atoms with Crippen molar-refractivity contribution in [1.82, 2.24) is 77.9 Å². The number of nitrogens with one attached hydrogen (secondary N) is 5. The van der Waals surface area contributed by atoms with Crippen molar-refractivity contribution in [2.45, 2.75) is 174 Å². The first-order valence-electron chi connectivity index (χ1n) is 47.8. The highest BCUT2D eigenvalue weighted by Gasteiger charge is 2.33. The number of aromatic nitrogens is 16. The van der Waals surface area contributed by atoms with Gasteiger partial charge in [-0.05, 0) is 218 Å². The highest BCUT2D eigenvalue weighted by Crippen LogP contribution is 2.43. The molecule has 33 nitrogen and oxygen atoms in total. The second-order valence-electron chi connectivity index (χ2n) is 39.7. The van der Waals surface area contributed by atoms with E-state index in [4.69, 9.17) is 45.7 Å². The van der Waals surface area contributed by atoms with Crippen molar-refractivity contribution in [2.75, 3.05) is 12.4 Å². The van der Waals surface area contributed by atoms with Crippen LogP contribution < -0.4 is 10.1 Å². The second-order valence-corrected chi connectivity index (χ2v) is 51.9. The summed E-state index contributed by atoms with van der Waals surface area (Å²) in [7, 11) is -15.8. The molecule has 0 bridgehead atoms. The summed E-state index contributed by atoms with van der Waals surface area (Å²) in [5.74, 6) is 0.966. The van der Waals surface area contributed by atoms with E-state index in [0.717, 1.165) is 33.0 Å². The number of pyridine rings is 1. The highest BCUT2D eigenvalue weighted by atomic mass is 35.5. The molecule has 0 fully saturated rings. The molecule has 1 amide bonds. The zero-order valence-electron chi connectivity index (χ0n) is 85.1. The van der Waals surface area contributed by atoms with E-state index in [2.05, 4.69) is 50.2 Å². The summed E-state index contributed by atoms with van der Waals surface area (Å²) in [4.78, 5) is 94.9. The molecule has 0 unspecified atom stereocenters. The van der Waals surface area contributed by atoms with Crippen LogP contribution in [0, 0.1) is 5.41 Å². The number of para-hydroxylation sites is 1. The number of rotatable bonds is 20. The van der Waals surface area contributed by atoms with Gasteiger partial charge in [0.05, 0.1) is 128 Å². The number of carbonyl (C=O) groups is 3. The van der Waals surface area contributed by atoms with Crippen LogP contribution in [-0.2, 0) is 63.6 Å². The van der Waals surface area contributed by atoms with Gasteiger partial charge >= 0.3 is 12.2 Å². The number of methoxy groups -OCH3 is 1. The number of carbonyl (C=O) groups excluding carboxylic acids is 3. The molecular weight excluding hydrogens is 2020 g/mol. The zero-order valence-corrected chi connectivity index (χ0v) is 89.9. The molecule has 12 heterocycles. The molecule has 0 aliphatic carbocycles. The average molecular weight is 2130 g/mol. The first kappa shape index (κ1) is 106. The Kier molecular flexibility index (Phi) is 28.9. The van der Waals surface area contributed by atoms with Crippen LogP contribution in [0.1, 0.15) is 118 Å². The van der Waals surface area contributed by atoms with Crippen LogP contribution in [0.2, 0.25) is 5.02 Å². The summed E-state index contributed by atoms with van der Waals surface area (Å²) in [6.07, 6.45) is 15.8. The predicted octanol–water partition coefficient (Wildman–Crippen LogP) is 23.6. The Bertz CT molecular complexity index is 9260. The first-order chi connectivity index (χ1) is 70.9. The van der Waals surface area contributed by atoms with Crippen LogP contribution in [-0.4, -0.2) is 177 Å². The molecule has 0 spiro atoms. The number of hydrogen-bond acceptors (Lipinski definition) is 25. The number of fused-ring (bicyclic) bond motifs is 7. The minimum atomic E-state index is -3.84. The molecule has 5 N–H and O–H groups in total. The molecular formula is C111H108ClN17O16S5. The molecule has 20 rings (SSSR count). The molecule has 0 saturated heterocycles. The van der Waals surface area contributed by atoms with Crippen LogP contribution in [0.5, 0.6) is 5.75 Å². The number of aromatic amines is 4. The fraction of sp³-hybridized carbons (Fsp3) is 0.225. The zero-order chi connectivity index (χ0) is 108. The number of hydrogen-bond donors (Lipinski definition) is 5. The minimum absolute atomic E-state index is 0.143. The lowest BCUT2D eigenvalue weighted by Gasteiger charge is -2.21. The molecule has 0 aliphatic rings. The lowest BCUT2D eigenvalue weighted by Crippen LogP contribution is -2.28. The molecule has 0 radical (unpaired) electrons. The van der Waals surface area contributed by atoms with E-state index in [1.807, 2.05) is 111 Å². The Hall–Kier alpha value is -15.7. The van der Waals surface area contributed by atoms with Crippen molar-refractivity contribution in [3.63, 3.8) is 0 Å². The summed E-state index contributed by atoms with van der Waals surface area (Å²) in [6.45, 7) is 29.6. The summed E-state index contributed by atoms with van der Waals surface area (Å²) >= 11 is 6.49. The summed E-state index contributed by atoms with van der Waals surface area (Å²) in [5.41, 5.74) is 14.9. The largest absolute Gasteiger partial charge is 0.497 e. The van der Waals surface area contributed by atoms with E-state index in [9.17, 15) is 56.5 Å². The molecule has 0 aliphatic heterocycles. The molecule has 0 saturated carbocycles. The molecule has 8 aromatic carbocycles. The topological polar surface area (TPSA) is 456 Å². The van der Waals surface area contributed by atoms with Crippen molar-refractivity contribution in [1.29, 1.82) is 0 Å². The number of sulfone groups is 4. The molecule has 39 heteroatoms. The van der Waals surface area contributed by atoms with Crippen LogP contribution in [0.3, 0.4) is 0 Å². The number of halogens is 1. The Morgan fingerprint density at radius 2 is 0.740 bits per heavy atom. The van der Waals surface area contributed by atoms with Gasteiger partial charge in [-0.25, -0.2) is 110 Å². The normalized spacial score (nSPS) is 12.4. The third-order valence-electron chi connectivity index (χ3n) is 24.7. The first-order valence-corrected chi connectivity index (χ1v) is 55.8. The van der Waals surface area contributed by atoms with Gasteiger partial charge in [0.1, 0.15) is 44.8 Å². The number of nitrogens with zero attached hydrogens (tertiary/aromatic N) is 12. The third-order valence-corrected chi connectivity index (χ3v) is 35.4. The SMILES string of the molecule is CC(C)S(=O)(=O)c1ccc(-c2cnc3[nH]cc(-c4cc5c(Cl)cccc5n4C(=O)OC(C)(C)C)c3n2)cc1.CC(C)S(=O)(=O)c1ccc(-c2cnc3[nH]cc(-c4cccnc4NC(=O)C(C)(C)C)c3n2)cc1.CC(C)S(=O)(=O)c1ccc(-c2cnc3[nH]cc(-c4cn(S(=O)(=O)c5ccccc5)c5ccccc45)c3n2)cc1.COc1ccc2c(c1)cc(-c1c[nH]c3ncc(-c4ccc(S(=O)(=O)C(C)C)cc4)nc13)n2C(=O)OC(C)(C)C. The van der Waals surface area contributed by atoms with Gasteiger partial charge in [-0.3, -0.25) is 4.79 Å². The fourth-order valence-electron chi connectivity index (χ4n) is 16.5. The van der Waals surface area contributed by atoms with Gasteiger partial charge in [0.25, 0.3) is 10.0 Å². The van der Waals surface area contributed by atoms with Gasteiger partial charge < -0.3 is 39.5 Å². The van der Waals surface area contributed by atoms with Crippen molar-refractivity contribution < 1.29 is 70.7 Å². The van der Waals surface area contributed by atoms with E-state index in [1.165, 1.54) is 13.1 Å². The number of H-pyrrole nitrogens is 4. The molecule has 150 heavy (non-hydrogen) atoms. The average Bonchev–Trinajstić information content (AvgIpc) is 1.58. The number of ether oxygens (including phenoxy) is 3. The number of amides is 1. The van der Waals surface area contributed by atoms with Crippen molar-refractivity contribution in [3.05, 3.63) is 279 Å². The van der Waals surface area contributed by atoms with E-state index in [-0.39, 0.29) is 30.4 Å². The van der Waals surface area contributed by atoms with Gasteiger partial charge in [-0.1, -0.05) is 123 Å². The van der Waals surface area contributed by atoms with Gasteiger partial charge in [-0.2, -0.15) is 0 Å². The summed E-state index contributed by atoms with van der Waals surface area (Å²) < 4.78 is 148. The fourth-order valence-corrected chi connectivity index (χ4v) is 22.3. The van der Waals surface area contributed by atoms with Crippen molar-refractivity contribution >= 4 is 162 Å². The van der Waals surface area contributed by atoms with Gasteiger partial charge in [0.2, 0.25) is 5.91 Å². The summed E-state index contributed by atoms with van der Waals surface area (Å²) in [6, 6.07) is 60.3. The van der Waals surface area contributed by atoms with Crippen LogP contribution >= 0.6 is 11.6 Å². The van der Waals surface area contributed by atoms with Crippen molar-refractivity contribution in [3.8, 4) is 95.5 Å². The maximum absolute atomic E-state index is 13.6. The predicted molar refractivity (Wildman–Crippen MR) is 585 cm³/mol. The Balaban J connectivity index is 0.000000136. The molecule has 12 aromatic heterocycles. The van der Waals surface area contributed by atoms with E-state index >= 15 is 0 Å². The monoisotopic (exact) mass is 2130 g/mol. The quantitative estimate of drug-likeness (QED) is 0.0473. The van der Waals surface area contributed by atoms with Crippen molar-refractivity contribution in [2.24, 2.45) is 5.41 Å². The van der Waals surface area contributed by atoms with E-state index in [1.54, 1.807) is 288 Å². The Labute approximate surface area is 871 Å². The van der Waals surface area contributed by atoms with Gasteiger partial charge in [0, 0.05) is 119 Å². The van der Waals surface area contributed by atoms with Crippen LogP contribution in [0.15, 0.2) is 299 Å². The van der Waals surface area contributed by atoms with Gasteiger partial charge in [-0.15, -0.1) is 0 Å². The molecule has 770 valence electrons. The lowest BCUT2D eigenvalue weighted by atomic mass is 9.95. The smallest absolute Gasteiger partial charge is 0.419 e. The van der Waals surface area contributed by atoms with E-state index < -0.39 is 99.2 Å². The highest BCUT2D eigenvalue weighted by molar-refractivity contribution is 7.93. The van der Waals surface area contributed by atoms with Crippen LogP contribution in [0.4, 0.5) is 15.4 Å². The Morgan fingerprint density at radius 3 is 1.14 bits per heavy atom.